The van der Waals surface area contributed by atoms with E-state index in [-0.39, 0.29) is 17.9 Å². The SMILES string of the molecule is Cc1nc2ccc(C(=O)N3CCC4(CCCCc5ccccc5OC[C@H](CC(C)C)NC4=O)CC3)cc2[nH]1. The van der Waals surface area contributed by atoms with Crippen molar-refractivity contribution in [2.24, 2.45) is 11.3 Å². The number of likely N-dealkylation sites (tertiary alicyclic amines) is 1. The Morgan fingerprint density at radius 1 is 1.13 bits per heavy atom. The molecular formula is C31H40N4O3. The number of imidazole rings is 1. The van der Waals surface area contributed by atoms with Crippen molar-refractivity contribution in [1.29, 1.82) is 0 Å². The molecule has 0 radical (unpaired) electrons. The third-order valence-electron chi connectivity index (χ3n) is 8.19. The van der Waals surface area contributed by atoms with Crippen molar-refractivity contribution in [3.8, 4) is 5.75 Å². The Hall–Kier alpha value is -3.35. The lowest BCUT2D eigenvalue weighted by molar-refractivity contribution is -0.135. The molecule has 7 heteroatoms. The number of aryl methyl sites for hydroxylation is 2. The van der Waals surface area contributed by atoms with Gasteiger partial charge in [-0.15, -0.1) is 0 Å². The lowest BCUT2D eigenvalue weighted by Gasteiger charge is -2.42. The highest BCUT2D eigenvalue weighted by Crippen LogP contribution is 2.38. The molecule has 1 aromatic heterocycles. The third kappa shape index (κ3) is 5.71. The number of aromatic amines is 1. The highest BCUT2D eigenvalue weighted by molar-refractivity contribution is 5.97. The Bertz CT molecular complexity index is 1290. The monoisotopic (exact) mass is 516 g/mol. The Morgan fingerprint density at radius 3 is 2.71 bits per heavy atom. The van der Waals surface area contributed by atoms with Crippen molar-refractivity contribution in [3.05, 3.63) is 59.4 Å². The summed E-state index contributed by atoms with van der Waals surface area (Å²) in [6, 6.07) is 13.9. The molecule has 2 aromatic carbocycles. The molecule has 2 amide bonds. The molecule has 0 unspecified atom stereocenters. The van der Waals surface area contributed by atoms with Crippen molar-refractivity contribution in [2.75, 3.05) is 19.7 Å². The summed E-state index contributed by atoms with van der Waals surface area (Å²) in [6.45, 7) is 7.91. The van der Waals surface area contributed by atoms with Crippen LogP contribution in [-0.4, -0.2) is 52.4 Å². The fourth-order valence-electron chi connectivity index (χ4n) is 6.08. The Labute approximate surface area is 225 Å². The first-order valence-electron chi connectivity index (χ1n) is 14.1. The third-order valence-corrected chi connectivity index (χ3v) is 8.19. The Kier molecular flexibility index (Phi) is 7.73. The van der Waals surface area contributed by atoms with Crippen LogP contribution >= 0.6 is 0 Å². The van der Waals surface area contributed by atoms with Crippen LogP contribution in [0.5, 0.6) is 5.75 Å². The molecule has 2 N–H and O–H groups in total. The van der Waals surface area contributed by atoms with E-state index in [2.05, 4.69) is 41.3 Å². The van der Waals surface area contributed by atoms with Crippen LogP contribution in [0.25, 0.3) is 11.0 Å². The number of rotatable bonds is 3. The highest BCUT2D eigenvalue weighted by Gasteiger charge is 2.42. The second-order valence-corrected chi connectivity index (χ2v) is 11.6. The van der Waals surface area contributed by atoms with Crippen LogP contribution in [0.4, 0.5) is 0 Å². The largest absolute Gasteiger partial charge is 0.491 e. The maximum Gasteiger partial charge on any atom is 0.253 e. The van der Waals surface area contributed by atoms with E-state index in [1.54, 1.807) is 0 Å². The number of carbonyl (C=O) groups excluding carboxylic acids is 2. The predicted octanol–water partition coefficient (Wildman–Crippen LogP) is 5.43. The number of fused-ring (bicyclic) bond motifs is 2. The van der Waals surface area contributed by atoms with Crippen LogP contribution in [-0.2, 0) is 11.2 Å². The molecule has 2 aliphatic rings. The first kappa shape index (κ1) is 26.3. The summed E-state index contributed by atoms with van der Waals surface area (Å²) in [6.07, 6.45) is 6.01. The molecule has 1 spiro atoms. The van der Waals surface area contributed by atoms with Gasteiger partial charge in [0.1, 0.15) is 18.2 Å². The second-order valence-electron chi connectivity index (χ2n) is 11.6. The molecule has 1 atom stereocenters. The van der Waals surface area contributed by atoms with Crippen LogP contribution in [0.2, 0.25) is 0 Å². The van der Waals surface area contributed by atoms with E-state index in [0.29, 0.717) is 44.0 Å². The zero-order chi connectivity index (χ0) is 26.7. The number of H-pyrrole nitrogens is 1. The predicted molar refractivity (Wildman–Crippen MR) is 149 cm³/mol. The number of ether oxygens (including phenoxy) is 1. The number of carbonyl (C=O) groups is 2. The molecule has 5 rings (SSSR count). The minimum absolute atomic E-state index is 0.0188. The van der Waals surface area contributed by atoms with Crippen molar-refractivity contribution in [1.82, 2.24) is 20.2 Å². The van der Waals surface area contributed by atoms with E-state index in [1.165, 1.54) is 5.56 Å². The van der Waals surface area contributed by atoms with Gasteiger partial charge < -0.3 is 19.9 Å². The van der Waals surface area contributed by atoms with Gasteiger partial charge in [0.05, 0.1) is 22.5 Å². The number of benzene rings is 2. The summed E-state index contributed by atoms with van der Waals surface area (Å²) < 4.78 is 6.25. The van der Waals surface area contributed by atoms with Crippen LogP contribution < -0.4 is 10.1 Å². The summed E-state index contributed by atoms with van der Waals surface area (Å²) in [7, 11) is 0. The van der Waals surface area contributed by atoms with E-state index in [1.807, 2.05) is 42.2 Å². The Morgan fingerprint density at radius 2 is 1.92 bits per heavy atom. The minimum Gasteiger partial charge on any atom is -0.491 e. The standard InChI is InChI=1S/C31H40N4O3/c1-21(2)18-25-20-38-28-10-5-4-8-23(28)9-6-7-13-31(30(37)34-25)14-16-35(17-15-31)29(36)24-11-12-26-27(19-24)33-22(3)32-26/h4-5,8,10-12,19,21,25H,6-7,9,13-18,20H2,1-3H3,(H,32,33)(H,34,37)/t25-/m0/s1. The minimum atomic E-state index is -0.449. The molecule has 202 valence electrons. The van der Waals surface area contributed by atoms with Crippen LogP contribution in [0.15, 0.2) is 42.5 Å². The molecule has 0 bridgehead atoms. The number of amides is 2. The fourth-order valence-corrected chi connectivity index (χ4v) is 6.08. The van der Waals surface area contributed by atoms with Gasteiger partial charge in [-0.1, -0.05) is 38.5 Å². The van der Waals surface area contributed by atoms with E-state index < -0.39 is 5.41 Å². The number of piperidine rings is 1. The van der Waals surface area contributed by atoms with E-state index in [4.69, 9.17) is 4.74 Å². The molecule has 7 nitrogen and oxygen atoms in total. The molecule has 1 fully saturated rings. The maximum atomic E-state index is 13.9. The van der Waals surface area contributed by atoms with E-state index in [9.17, 15) is 9.59 Å². The van der Waals surface area contributed by atoms with Crippen LogP contribution in [0.3, 0.4) is 0 Å². The quantitative estimate of drug-likeness (QED) is 0.486. The average Bonchev–Trinajstić information content (AvgIpc) is 3.28. The number of nitrogens with zero attached hydrogens (tertiary/aromatic N) is 2. The van der Waals surface area contributed by atoms with Gasteiger partial charge in [0.25, 0.3) is 5.91 Å². The lowest BCUT2D eigenvalue weighted by atomic mass is 9.73. The van der Waals surface area contributed by atoms with Crippen molar-refractivity contribution in [2.45, 2.75) is 71.8 Å². The summed E-state index contributed by atoms with van der Waals surface area (Å²) in [5, 5.41) is 3.38. The first-order chi connectivity index (χ1) is 18.3. The summed E-state index contributed by atoms with van der Waals surface area (Å²) in [4.78, 5) is 36.8. The summed E-state index contributed by atoms with van der Waals surface area (Å²) in [5.74, 6) is 2.36. The molecule has 2 aliphatic heterocycles. The Balaban J connectivity index is 1.31. The summed E-state index contributed by atoms with van der Waals surface area (Å²) >= 11 is 0. The normalized spacial score (nSPS) is 20.4. The summed E-state index contributed by atoms with van der Waals surface area (Å²) in [5.41, 5.74) is 3.19. The highest BCUT2D eigenvalue weighted by atomic mass is 16.5. The van der Waals surface area contributed by atoms with Crippen LogP contribution in [0, 0.1) is 18.3 Å². The number of hydrogen-bond donors (Lipinski definition) is 2. The number of aromatic nitrogens is 2. The first-order valence-corrected chi connectivity index (χ1v) is 14.1. The smallest absolute Gasteiger partial charge is 0.253 e. The molecular weight excluding hydrogens is 476 g/mol. The van der Waals surface area contributed by atoms with Crippen molar-refractivity contribution in [3.63, 3.8) is 0 Å². The van der Waals surface area contributed by atoms with Crippen molar-refractivity contribution >= 4 is 22.8 Å². The van der Waals surface area contributed by atoms with Gasteiger partial charge in [0, 0.05) is 18.7 Å². The maximum absolute atomic E-state index is 13.9. The van der Waals surface area contributed by atoms with Gasteiger partial charge >= 0.3 is 0 Å². The van der Waals surface area contributed by atoms with Gasteiger partial charge in [-0.2, -0.15) is 0 Å². The van der Waals surface area contributed by atoms with Gasteiger partial charge in [-0.25, -0.2) is 4.98 Å². The van der Waals surface area contributed by atoms with E-state index >= 15 is 0 Å². The zero-order valence-electron chi connectivity index (χ0n) is 22.9. The molecule has 0 aliphatic carbocycles. The second kappa shape index (κ2) is 11.2. The zero-order valence-corrected chi connectivity index (χ0v) is 22.9. The molecule has 3 heterocycles. The van der Waals surface area contributed by atoms with Crippen molar-refractivity contribution < 1.29 is 14.3 Å². The number of nitrogens with one attached hydrogen (secondary N) is 2. The molecule has 3 aromatic rings. The topological polar surface area (TPSA) is 87.3 Å². The average molecular weight is 517 g/mol. The van der Waals surface area contributed by atoms with Gasteiger partial charge in [-0.3, -0.25) is 9.59 Å². The van der Waals surface area contributed by atoms with E-state index in [0.717, 1.165) is 54.7 Å². The fraction of sp³-hybridized carbons (Fsp3) is 0.516. The van der Waals surface area contributed by atoms with Gasteiger partial charge in [0.2, 0.25) is 5.91 Å². The lowest BCUT2D eigenvalue weighted by Crippen LogP contribution is -2.53. The molecule has 0 saturated carbocycles. The molecule has 38 heavy (non-hydrogen) atoms. The van der Waals surface area contributed by atoms with Gasteiger partial charge in [-0.05, 0) is 81.2 Å². The van der Waals surface area contributed by atoms with Crippen LogP contribution in [0.1, 0.15) is 74.1 Å². The number of hydrogen-bond acceptors (Lipinski definition) is 4. The number of para-hydroxylation sites is 1. The molecule has 1 saturated heterocycles. The van der Waals surface area contributed by atoms with Gasteiger partial charge in [0.15, 0.2) is 0 Å².